The van der Waals surface area contributed by atoms with Gasteiger partial charge in [-0.2, -0.15) is 0 Å². The van der Waals surface area contributed by atoms with Crippen LogP contribution in [0, 0.1) is 6.92 Å². The second-order valence-electron chi connectivity index (χ2n) is 5.59. The van der Waals surface area contributed by atoms with Crippen molar-refractivity contribution < 1.29 is 0 Å². The van der Waals surface area contributed by atoms with Crippen molar-refractivity contribution in [2.75, 3.05) is 39.3 Å². The predicted octanol–water partition coefficient (Wildman–Crippen LogP) is 1.71. The van der Waals surface area contributed by atoms with Gasteiger partial charge < -0.3 is 5.32 Å². The first-order valence-corrected chi connectivity index (χ1v) is 7.86. The SMILES string of the molecule is Cc1ccsc1[C@@H](C)NC[C@@H]1CN2CCN1CC2. The van der Waals surface area contributed by atoms with Crippen LogP contribution in [0.5, 0.6) is 0 Å². The van der Waals surface area contributed by atoms with Crippen LogP contribution in [0.1, 0.15) is 23.4 Å². The largest absolute Gasteiger partial charge is 0.308 e. The minimum absolute atomic E-state index is 0.488. The van der Waals surface area contributed by atoms with Crippen molar-refractivity contribution in [3.8, 4) is 0 Å². The van der Waals surface area contributed by atoms with Gasteiger partial charge in [0, 0.05) is 56.2 Å². The van der Waals surface area contributed by atoms with Crippen molar-refractivity contribution in [1.82, 2.24) is 15.1 Å². The van der Waals surface area contributed by atoms with Crippen molar-refractivity contribution in [3.05, 3.63) is 21.9 Å². The summed E-state index contributed by atoms with van der Waals surface area (Å²) in [4.78, 5) is 6.75. The Morgan fingerprint density at radius 2 is 2.17 bits per heavy atom. The highest BCUT2D eigenvalue weighted by atomic mass is 32.1. The van der Waals surface area contributed by atoms with Crippen molar-refractivity contribution in [2.45, 2.75) is 25.9 Å². The lowest BCUT2D eigenvalue weighted by Gasteiger charge is -2.47. The summed E-state index contributed by atoms with van der Waals surface area (Å²) in [7, 11) is 0. The van der Waals surface area contributed by atoms with Gasteiger partial charge in [-0.15, -0.1) is 11.3 Å². The molecule has 3 nitrogen and oxygen atoms in total. The van der Waals surface area contributed by atoms with Gasteiger partial charge >= 0.3 is 0 Å². The maximum atomic E-state index is 3.72. The zero-order valence-electron chi connectivity index (χ0n) is 11.4. The molecule has 4 heterocycles. The minimum atomic E-state index is 0.488. The fourth-order valence-electron chi connectivity index (χ4n) is 3.15. The third kappa shape index (κ3) is 2.48. The molecule has 1 N–H and O–H groups in total. The van der Waals surface area contributed by atoms with Crippen LogP contribution in [0.15, 0.2) is 11.4 Å². The van der Waals surface area contributed by atoms with Crippen LogP contribution in [0.2, 0.25) is 0 Å². The summed E-state index contributed by atoms with van der Waals surface area (Å²) in [6.07, 6.45) is 0. The molecule has 4 heteroatoms. The highest BCUT2D eigenvalue weighted by molar-refractivity contribution is 7.10. The molecule has 100 valence electrons. The van der Waals surface area contributed by atoms with E-state index in [4.69, 9.17) is 0 Å². The summed E-state index contributed by atoms with van der Waals surface area (Å²) in [6, 6.07) is 3.42. The molecule has 0 amide bonds. The fourth-order valence-corrected chi connectivity index (χ4v) is 4.11. The van der Waals surface area contributed by atoms with Crippen molar-refractivity contribution in [1.29, 1.82) is 0 Å². The van der Waals surface area contributed by atoms with Crippen LogP contribution in [0.25, 0.3) is 0 Å². The van der Waals surface area contributed by atoms with Gasteiger partial charge in [0.1, 0.15) is 0 Å². The molecule has 2 bridgehead atoms. The Morgan fingerprint density at radius 3 is 2.72 bits per heavy atom. The molecule has 2 atom stereocenters. The number of rotatable bonds is 4. The molecular formula is C14H23N3S. The fraction of sp³-hybridized carbons (Fsp3) is 0.714. The molecule has 3 aliphatic rings. The van der Waals surface area contributed by atoms with Gasteiger partial charge in [-0.05, 0) is 30.9 Å². The number of aryl methyl sites for hydroxylation is 1. The highest BCUT2D eigenvalue weighted by Crippen LogP contribution is 2.24. The Hall–Kier alpha value is -0.420. The summed E-state index contributed by atoms with van der Waals surface area (Å²) >= 11 is 1.87. The standard InChI is InChI=1S/C14H23N3S/c1-11-3-8-18-14(11)12(2)15-9-13-10-16-4-6-17(13)7-5-16/h3,8,12-13,15H,4-7,9-10H2,1-2H3/t12-,13-/m1/s1. The number of thiophene rings is 1. The maximum Gasteiger partial charge on any atom is 0.0389 e. The van der Waals surface area contributed by atoms with Gasteiger partial charge in [-0.1, -0.05) is 0 Å². The van der Waals surface area contributed by atoms with Crippen molar-refractivity contribution in [3.63, 3.8) is 0 Å². The van der Waals surface area contributed by atoms with E-state index in [1.807, 2.05) is 11.3 Å². The number of fused-ring (bicyclic) bond motifs is 3. The van der Waals surface area contributed by atoms with Gasteiger partial charge in [0.2, 0.25) is 0 Å². The minimum Gasteiger partial charge on any atom is -0.308 e. The second kappa shape index (κ2) is 5.29. The molecule has 0 aromatic carbocycles. The highest BCUT2D eigenvalue weighted by Gasteiger charge is 2.31. The molecule has 0 spiro atoms. The van der Waals surface area contributed by atoms with Crippen LogP contribution in [-0.4, -0.2) is 55.1 Å². The monoisotopic (exact) mass is 265 g/mol. The summed E-state index contributed by atoms with van der Waals surface area (Å²) in [5.41, 5.74) is 1.43. The van der Waals surface area contributed by atoms with Crippen LogP contribution in [0.4, 0.5) is 0 Å². The Balaban J connectivity index is 1.54. The normalized spacial score (nSPS) is 32.7. The molecule has 1 aromatic heterocycles. The molecular weight excluding hydrogens is 242 g/mol. The molecule has 3 fully saturated rings. The topological polar surface area (TPSA) is 18.5 Å². The quantitative estimate of drug-likeness (QED) is 0.894. The van der Waals surface area contributed by atoms with E-state index in [1.165, 1.54) is 43.2 Å². The number of nitrogens with one attached hydrogen (secondary N) is 1. The van der Waals surface area contributed by atoms with E-state index in [0.29, 0.717) is 6.04 Å². The Labute approximate surface area is 114 Å². The molecule has 0 unspecified atom stereocenters. The zero-order chi connectivity index (χ0) is 12.5. The molecule has 4 rings (SSSR count). The lowest BCUT2D eigenvalue weighted by atomic mass is 10.1. The summed E-state index contributed by atoms with van der Waals surface area (Å²) in [5, 5.41) is 5.92. The summed E-state index contributed by atoms with van der Waals surface area (Å²) in [5.74, 6) is 0. The Bertz CT molecular complexity index is 395. The number of hydrogen-bond donors (Lipinski definition) is 1. The molecule has 1 aromatic rings. The number of nitrogens with zero attached hydrogens (tertiary/aromatic N) is 2. The first-order chi connectivity index (χ1) is 8.74. The van der Waals surface area contributed by atoms with E-state index in [-0.39, 0.29) is 0 Å². The lowest BCUT2D eigenvalue weighted by Crippen LogP contribution is -2.63. The zero-order valence-corrected chi connectivity index (χ0v) is 12.2. The average molecular weight is 265 g/mol. The van der Waals surface area contributed by atoms with Crippen molar-refractivity contribution >= 4 is 11.3 Å². The Kier molecular flexibility index (Phi) is 3.71. The van der Waals surface area contributed by atoms with Crippen LogP contribution in [0.3, 0.4) is 0 Å². The van der Waals surface area contributed by atoms with Crippen LogP contribution < -0.4 is 5.32 Å². The van der Waals surface area contributed by atoms with E-state index in [2.05, 4.69) is 40.4 Å². The third-order valence-electron chi connectivity index (χ3n) is 4.35. The van der Waals surface area contributed by atoms with Crippen molar-refractivity contribution in [2.24, 2.45) is 0 Å². The molecule has 3 aliphatic heterocycles. The molecule has 0 radical (unpaired) electrons. The second-order valence-corrected chi connectivity index (χ2v) is 6.54. The van der Waals surface area contributed by atoms with Gasteiger partial charge in [-0.25, -0.2) is 0 Å². The lowest BCUT2D eigenvalue weighted by molar-refractivity contribution is 0.0129. The van der Waals surface area contributed by atoms with Gasteiger partial charge in [0.25, 0.3) is 0 Å². The van der Waals surface area contributed by atoms with Crippen LogP contribution in [-0.2, 0) is 0 Å². The summed E-state index contributed by atoms with van der Waals surface area (Å²) in [6.45, 7) is 11.9. The Morgan fingerprint density at radius 1 is 1.39 bits per heavy atom. The third-order valence-corrected chi connectivity index (χ3v) is 5.55. The number of hydrogen-bond acceptors (Lipinski definition) is 4. The van der Waals surface area contributed by atoms with E-state index < -0.39 is 0 Å². The number of piperazine rings is 3. The van der Waals surface area contributed by atoms with E-state index in [1.54, 1.807) is 0 Å². The first-order valence-electron chi connectivity index (χ1n) is 6.98. The average Bonchev–Trinajstić information content (AvgIpc) is 2.84. The van der Waals surface area contributed by atoms with Gasteiger partial charge in [0.15, 0.2) is 0 Å². The van der Waals surface area contributed by atoms with Gasteiger partial charge in [-0.3, -0.25) is 9.80 Å². The van der Waals surface area contributed by atoms with E-state index in [0.717, 1.165) is 12.6 Å². The maximum absolute atomic E-state index is 3.72. The van der Waals surface area contributed by atoms with E-state index in [9.17, 15) is 0 Å². The molecule has 3 saturated heterocycles. The van der Waals surface area contributed by atoms with E-state index >= 15 is 0 Å². The smallest absolute Gasteiger partial charge is 0.0389 e. The van der Waals surface area contributed by atoms with Crippen LogP contribution >= 0.6 is 11.3 Å². The van der Waals surface area contributed by atoms with Gasteiger partial charge in [0.05, 0.1) is 0 Å². The molecule has 18 heavy (non-hydrogen) atoms. The predicted molar refractivity (Wildman–Crippen MR) is 77.3 cm³/mol. The summed E-state index contributed by atoms with van der Waals surface area (Å²) < 4.78 is 0. The molecule has 0 aliphatic carbocycles. The first kappa shape index (κ1) is 12.6. The molecule has 0 saturated carbocycles.